The summed E-state index contributed by atoms with van der Waals surface area (Å²) in [6, 6.07) is 7.74. The Labute approximate surface area is 82.7 Å². The van der Waals surface area contributed by atoms with Gasteiger partial charge in [-0.2, -0.15) is 0 Å². The van der Waals surface area contributed by atoms with Crippen LogP contribution in [0.5, 0.6) is 0 Å². The molecule has 1 atom stereocenters. The zero-order chi connectivity index (χ0) is 8.27. The first kappa shape index (κ1) is 9.23. The largest absolute Gasteiger partial charge is 0.377 e. The second kappa shape index (κ2) is 4.24. The summed E-state index contributed by atoms with van der Waals surface area (Å²) in [5, 5.41) is 9.44. The van der Waals surface area contributed by atoms with Crippen LogP contribution in [0, 0.1) is 0 Å². The van der Waals surface area contributed by atoms with E-state index >= 15 is 0 Å². The molecule has 0 aliphatic carbocycles. The molecule has 0 bridgehead atoms. The van der Waals surface area contributed by atoms with Gasteiger partial charge in [0.25, 0.3) is 0 Å². The Morgan fingerprint density at radius 1 is 1.36 bits per heavy atom. The van der Waals surface area contributed by atoms with E-state index in [0.717, 1.165) is 16.5 Å². The standard InChI is InChI=1S/C8H8Br2O/c9-5-6-3-1-2-4-7(6)8(10)11/h1-4,8,11H,5H2. The minimum atomic E-state index is -0.559. The predicted molar refractivity (Wildman–Crippen MR) is 53.0 cm³/mol. The Balaban J connectivity index is 3.02. The third kappa shape index (κ3) is 2.29. The fourth-order valence-corrected chi connectivity index (χ4v) is 1.85. The Morgan fingerprint density at radius 3 is 2.45 bits per heavy atom. The molecule has 0 fully saturated rings. The molecule has 0 aliphatic rings. The molecule has 0 spiro atoms. The molecule has 3 heteroatoms. The number of aliphatic hydroxyl groups is 1. The predicted octanol–water partition coefficient (Wildman–Crippen LogP) is 2.97. The van der Waals surface area contributed by atoms with E-state index in [1.54, 1.807) is 0 Å². The van der Waals surface area contributed by atoms with E-state index in [2.05, 4.69) is 31.9 Å². The van der Waals surface area contributed by atoms with E-state index in [1.807, 2.05) is 24.3 Å². The lowest BCUT2D eigenvalue weighted by Gasteiger charge is -2.07. The zero-order valence-electron chi connectivity index (χ0n) is 5.80. The first-order valence-corrected chi connectivity index (χ1v) is 5.25. The quantitative estimate of drug-likeness (QED) is 0.826. The van der Waals surface area contributed by atoms with Crippen LogP contribution in [0.2, 0.25) is 0 Å². The first-order valence-electron chi connectivity index (χ1n) is 3.21. The summed E-state index contributed by atoms with van der Waals surface area (Å²) in [4.78, 5) is 0. The van der Waals surface area contributed by atoms with Gasteiger partial charge in [-0.3, -0.25) is 0 Å². The first-order chi connectivity index (χ1) is 5.25. The highest BCUT2D eigenvalue weighted by molar-refractivity contribution is 9.09. The number of aliphatic hydroxyl groups excluding tert-OH is 1. The summed E-state index contributed by atoms with van der Waals surface area (Å²) < 4.78 is 0. The zero-order valence-corrected chi connectivity index (χ0v) is 8.97. The van der Waals surface area contributed by atoms with E-state index in [4.69, 9.17) is 0 Å². The van der Waals surface area contributed by atoms with Crippen molar-refractivity contribution in [2.45, 2.75) is 10.3 Å². The second-order valence-corrected chi connectivity index (χ2v) is 3.60. The summed E-state index contributed by atoms with van der Waals surface area (Å²) in [6.07, 6.45) is 0. The van der Waals surface area contributed by atoms with Crippen molar-refractivity contribution in [1.29, 1.82) is 0 Å². The molecule has 0 aromatic heterocycles. The molecule has 1 unspecified atom stereocenters. The maximum atomic E-state index is 9.23. The molecule has 0 saturated carbocycles. The molecule has 60 valence electrons. The maximum Gasteiger partial charge on any atom is 0.134 e. The van der Waals surface area contributed by atoms with Gasteiger partial charge in [0.2, 0.25) is 0 Å². The number of alkyl halides is 2. The van der Waals surface area contributed by atoms with Gasteiger partial charge < -0.3 is 5.11 Å². The lowest BCUT2D eigenvalue weighted by Crippen LogP contribution is -1.92. The van der Waals surface area contributed by atoms with Crippen molar-refractivity contribution in [3.63, 3.8) is 0 Å². The van der Waals surface area contributed by atoms with Gasteiger partial charge in [-0.1, -0.05) is 56.1 Å². The smallest absolute Gasteiger partial charge is 0.134 e. The van der Waals surface area contributed by atoms with E-state index in [-0.39, 0.29) is 0 Å². The fourth-order valence-electron chi connectivity index (χ4n) is 0.888. The van der Waals surface area contributed by atoms with Gasteiger partial charge >= 0.3 is 0 Å². The SMILES string of the molecule is OC(Br)c1ccccc1CBr. The third-order valence-electron chi connectivity index (χ3n) is 1.46. The average Bonchev–Trinajstić information content (AvgIpc) is 2.04. The maximum absolute atomic E-state index is 9.23. The summed E-state index contributed by atoms with van der Waals surface area (Å²) in [7, 11) is 0. The fraction of sp³-hybridized carbons (Fsp3) is 0.250. The molecular formula is C8H8Br2O. The molecule has 1 aromatic rings. The molecule has 0 saturated heterocycles. The average molecular weight is 280 g/mol. The van der Waals surface area contributed by atoms with Crippen LogP contribution >= 0.6 is 31.9 Å². The van der Waals surface area contributed by atoms with Crippen molar-refractivity contribution in [2.75, 3.05) is 0 Å². The van der Waals surface area contributed by atoms with Crippen LogP contribution in [-0.2, 0) is 5.33 Å². The molecule has 0 aliphatic heterocycles. The van der Waals surface area contributed by atoms with Gasteiger partial charge in [0.05, 0.1) is 0 Å². The van der Waals surface area contributed by atoms with Crippen LogP contribution in [0.25, 0.3) is 0 Å². The topological polar surface area (TPSA) is 20.2 Å². The highest BCUT2D eigenvalue weighted by Crippen LogP contribution is 2.24. The van der Waals surface area contributed by atoms with Crippen molar-refractivity contribution in [3.05, 3.63) is 35.4 Å². The molecule has 1 aromatic carbocycles. The van der Waals surface area contributed by atoms with Gasteiger partial charge in [-0.15, -0.1) is 0 Å². The molecule has 1 N–H and O–H groups in total. The summed E-state index contributed by atoms with van der Waals surface area (Å²) in [5.41, 5.74) is 2.03. The number of benzene rings is 1. The van der Waals surface area contributed by atoms with Crippen LogP contribution in [0.15, 0.2) is 24.3 Å². The monoisotopic (exact) mass is 278 g/mol. The number of hydrogen-bond donors (Lipinski definition) is 1. The van der Waals surface area contributed by atoms with Crippen molar-refractivity contribution >= 4 is 31.9 Å². The third-order valence-corrected chi connectivity index (χ3v) is 2.55. The summed E-state index contributed by atoms with van der Waals surface area (Å²) >= 11 is 6.45. The van der Waals surface area contributed by atoms with E-state index in [1.165, 1.54) is 0 Å². The van der Waals surface area contributed by atoms with E-state index in [9.17, 15) is 5.11 Å². The highest BCUT2D eigenvalue weighted by atomic mass is 79.9. The minimum Gasteiger partial charge on any atom is -0.377 e. The van der Waals surface area contributed by atoms with Crippen molar-refractivity contribution < 1.29 is 5.11 Å². The Bertz CT molecular complexity index is 235. The molecule has 1 nitrogen and oxygen atoms in total. The van der Waals surface area contributed by atoms with Crippen LogP contribution in [0.4, 0.5) is 0 Å². The van der Waals surface area contributed by atoms with Gasteiger partial charge in [-0.25, -0.2) is 0 Å². The molecule has 0 amide bonds. The van der Waals surface area contributed by atoms with Gasteiger partial charge in [0.1, 0.15) is 5.01 Å². The number of rotatable bonds is 2. The van der Waals surface area contributed by atoms with Crippen molar-refractivity contribution in [2.24, 2.45) is 0 Å². The number of hydrogen-bond acceptors (Lipinski definition) is 1. The lowest BCUT2D eigenvalue weighted by atomic mass is 10.1. The van der Waals surface area contributed by atoms with E-state index < -0.39 is 5.01 Å². The number of halogens is 2. The van der Waals surface area contributed by atoms with Crippen molar-refractivity contribution in [1.82, 2.24) is 0 Å². The lowest BCUT2D eigenvalue weighted by molar-refractivity contribution is 0.276. The van der Waals surface area contributed by atoms with E-state index in [0.29, 0.717) is 0 Å². The molecule has 1 rings (SSSR count). The van der Waals surface area contributed by atoms with Crippen LogP contribution in [-0.4, -0.2) is 5.11 Å². The van der Waals surface area contributed by atoms with Crippen molar-refractivity contribution in [3.8, 4) is 0 Å². The Hall–Kier alpha value is 0.140. The molecular weight excluding hydrogens is 272 g/mol. The second-order valence-electron chi connectivity index (χ2n) is 2.17. The Kier molecular flexibility index (Phi) is 3.55. The van der Waals surface area contributed by atoms with Gasteiger partial charge in [0.15, 0.2) is 0 Å². The summed E-state index contributed by atoms with van der Waals surface area (Å²) in [5.74, 6) is 0. The Morgan fingerprint density at radius 2 is 2.00 bits per heavy atom. The van der Waals surface area contributed by atoms with Gasteiger partial charge in [0, 0.05) is 5.33 Å². The van der Waals surface area contributed by atoms with Crippen LogP contribution in [0.3, 0.4) is 0 Å². The normalized spacial score (nSPS) is 13.0. The minimum absolute atomic E-state index is 0.559. The molecule has 0 heterocycles. The molecule has 11 heavy (non-hydrogen) atoms. The van der Waals surface area contributed by atoms with Crippen LogP contribution < -0.4 is 0 Å². The van der Waals surface area contributed by atoms with Crippen LogP contribution in [0.1, 0.15) is 16.1 Å². The molecule has 0 radical (unpaired) electrons. The van der Waals surface area contributed by atoms with Gasteiger partial charge in [-0.05, 0) is 11.1 Å². The summed E-state index contributed by atoms with van der Waals surface area (Å²) in [6.45, 7) is 0. The highest BCUT2D eigenvalue weighted by Gasteiger charge is 2.05.